The minimum Gasteiger partial charge on any atom is -0.494 e. The highest BCUT2D eigenvalue weighted by Crippen LogP contribution is 2.19. The zero-order chi connectivity index (χ0) is 19.1. The average molecular weight is 384 g/mol. The fourth-order valence-corrected chi connectivity index (χ4v) is 3.35. The van der Waals surface area contributed by atoms with Gasteiger partial charge in [-0.3, -0.25) is 9.71 Å². The van der Waals surface area contributed by atoms with Crippen molar-refractivity contribution in [2.45, 2.75) is 18.4 Å². The molecule has 0 saturated carbocycles. The Morgan fingerprint density at radius 3 is 2.48 bits per heavy atom. The normalized spacial score (nSPS) is 11.0. The number of sulfonamides is 1. The standard InChI is InChI=1S/C19H20N4O3S/c1-2-26-17-6-8-18(9-7-17)27(24,25)23-19-10-5-16(14-22-19)21-13-15-4-3-11-20-12-15/h3-12,14,21H,2,13H2,1H3,(H,22,23). The topological polar surface area (TPSA) is 93.2 Å². The van der Waals surface area contributed by atoms with Gasteiger partial charge in [-0.2, -0.15) is 0 Å². The Balaban J connectivity index is 1.62. The van der Waals surface area contributed by atoms with Crippen molar-refractivity contribution in [1.29, 1.82) is 0 Å². The molecular weight excluding hydrogens is 364 g/mol. The van der Waals surface area contributed by atoms with E-state index in [9.17, 15) is 8.42 Å². The zero-order valence-corrected chi connectivity index (χ0v) is 15.6. The Labute approximate surface area is 158 Å². The van der Waals surface area contributed by atoms with Crippen LogP contribution in [-0.4, -0.2) is 25.0 Å². The molecule has 0 bridgehead atoms. The summed E-state index contributed by atoms with van der Waals surface area (Å²) >= 11 is 0. The molecule has 0 amide bonds. The molecule has 0 unspecified atom stereocenters. The summed E-state index contributed by atoms with van der Waals surface area (Å²) in [5, 5.41) is 3.21. The smallest absolute Gasteiger partial charge is 0.263 e. The van der Waals surface area contributed by atoms with E-state index in [0.29, 0.717) is 18.9 Å². The molecule has 0 saturated heterocycles. The van der Waals surface area contributed by atoms with E-state index < -0.39 is 10.0 Å². The molecule has 0 aliphatic rings. The summed E-state index contributed by atoms with van der Waals surface area (Å²) < 4.78 is 32.7. The van der Waals surface area contributed by atoms with Crippen LogP contribution in [-0.2, 0) is 16.6 Å². The van der Waals surface area contributed by atoms with Crippen LogP contribution in [0.2, 0.25) is 0 Å². The average Bonchev–Trinajstić information content (AvgIpc) is 2.69. The van der Waals surface area contributed by atoms with Crippen LogP contribution in [0, 0.1) is 0 Å². The molecule has 0 fully saturated rings. The number of aromatic nitrogens is 2. The van der Waals surface area contributed by atoms with Crippen molar-refractivity contribution in [1.82, 2.24) is 9.97 Å². The Bertz CT molecular complexity index is 960. The highest BCUT2D eigenvalue weighted by Gasteiger charge is 2.14. The lowest BCUT2D eigenvalue weighted by molar-refractivity contribution is 0.340. The molecule has 0 atom stereocenters. The molecule has 0 spiro atoms. The first-order valence-corrected chi connectivity index (χ1v) is 9.89. The van der Waals surface area contributed by atoms with Gasteiger partial charge < -0.3 is 10.1 Å². The number of benzene rings is 1. The first-order valence-electron chi connectivity index (χ1n) is 8.41. The summed E-state index contributed by atoms with van der Waals surface area (Å²) in [5.41, 5.74) is 1.82. The van der Waals surface area contributed by atoms with E-state index in [2.05, 4.69) is 20.0 Å². The lowest BCUT2D eigenvalue weighted by Gasteiger charge is -2.10. The van der Waals surface area contributed by atoms with Crippen LogP contribution in [0.25, 0.3) is 0 Å². The van der Waals surface area contributed by atoms with Crippen LogP contribution in [0.15, 0.2) is 72.0 Å². The minimum atomic E-state index is -3.71. The number of pyridine rings is 2. The quantitative estimate of drug-likeness (QED) is 0.619. The van der Waals surface area contributed by atoms with E-state index in [1.54, 1.807) is 42.9 Å². The third kappa shape index (κ3) is 5.18. The van der Waals surface area contributed by atoms with Gasteiger partial charge in [0.25, 0.3) is 10.0 Å². The van der Waals surface area contributed by atoms with Crippen molar-refractivity contribution in [3.63, 3.8) is 0 Å². The van der Waals surface area contributed by atoms with Gasteiger partial charge >= 0.3 is 0 Å². The maximum atomic E-state index is 12.5. The monoisotopic (exact) mass is 384 g/mol. The van der Waals surface area contributed by atoms with Crippen molar-refractivity contribution >= 4 is 21.5 Å². The van der Waals surface area contributed by atoms with Crippen LogP contribution in [0.4, 0.5) is 11.5 Å². The van der Waals surface area contributed by atoms with Crippen molar-refractivity contribution in [3.05, 3.63) is 72.7 Å². The third-order valence-electron chi connectivity index (χ3n) is 3.67. The van der Waals surface area contributed by atoms with Gasteiger partial charge in [-0.25, -0.2) is 13.4 Å². The third-order valence-corrected chi connectivity index (χ3v) is 5.04. The summed E-state index contributed by atoms with van der Waals surface area (Å²) in [5.74, 6) is 0.870. The lowest BCUT2D eigenvalue weighted by Crippen LogP contribution is -2.14. The number of ether oxygens (including phenoxy) is 1. The van der Waals surface area contributed by atoms with Crippen LogP contribution in [0.1, 0.15) is 12.5 Å². The lowest BCUT2D eigenvalue weighted by atomic mass is 10.3. The van der Waals surface area contributed by atoms with Crippen molar-refractivity contribution in [2.24, 2.45) is 0 Å². The molecule has 140 valence electrons. The summed E-state index contributed by atoms with van der Waals surface area (Å²) in [4.78, 5) is 8.36. The number of anilines is 2. The van der Waals surface area contributed by atoms with Crippen LogP contribution in [0.5, 0.6) is 5.75 Å². The molecule has 1 aromatic carbocycles. The van der Waals surface area contributed by atoms with Gasteiger partial charge in [0, 0.05) is 18.9 Å². The first-order chi connectivity index (χ1) is 13.1. The summed E-state index contributed by atoms with van der Waals surface area (Å²) in [7, 11) is -3.71. The molecule has 0 radical (unpaired) electrons. The van der Waals surface area contributed by atoms with Gasteiger partial charge in [0.15, 0.2) is 0 Å². The Morgan fingerprint density at radius 2 is 1.85 bits per heavy atom. The fourth-order valence-electron chi connectivity index (χ4n) is 2.34. The number of hydrogen-bond donors (Lipinski definition) is 2. The summed E-state index contributed by atoms with van der Waals surface area (Å²) in [6, 6.07) is 13.4. The van der Waals surface area contributed by atoms with E-state index >= 15 is 0 Å². The molecule has 2 heterocycles. The maximum Gasteiger partial charge on any atom is 0.263 e. The number of hydrogen-bond acceptors (Lipinski definition) is 6. The number of nitrogens with zero attached hydrogens (tertiary/aromatic N) is 2. The van der Waals surface area contributed by atoms with Crippen LogP contribution < -0.4 is 14.8 Å². The second-order valence-electron chi connectivity index (χ2n) is 5.66. The molecule has 2 N–H and O–H groups in total. The van der Waals surface area contributed by atoms with Gasteiger partial charge in [-0.05, 0) is 55.0 Å². The molecule has 2 aromatic heterocycles. The summed E-state index contributed by atoms with van der Waals surface area (Å²) in [6.45, 7) is 3.00. The first kappa shape index (κ1) is 18.7. The maximum absolute atomic E-state index is 12.5. The number of rotatable bonds is 8. The largest absolute Gasteiger partial charge is 0.494 e. The van der Waals surface area contributed by atoms with E-state index in [0.717, 1.165) is 11.3 Å². The van der Waals surface area contributed by atoms with Crippen molar-refractivity contribution in [2.75, 3.05) is 16.6 Å². The SMILES string of the molecule is CCOc1ccc(S(=O)(=O)Nc2ccc(NCc3cccnc3)cn2)cc1. The van der Waals surface area contributed by atoms with Gasteiger partial charge in [0.05, 0.1) is 23.4 Å². The Kier molecular flexibility index (Phi) is 5.87. The van der Waals surface area contributed by atoms with Gasteiger partial charge in [-0.1, -0.05) is 6.07 Å². The molecule has 3 rings (SSSR count). The van der Waals surface area contributed by atoms with Crippen molar-refractivity contribution < 1.29 is 13.2 Å². The molecule has 0 aliphatic heterocycles. The van der Waals surface area contributed by atoms with E-state index in [4.69, 9.17) is 4.74 Å². The molecule has 0 aliphatic carbocycles. The minimum absolute atomic E-state index is 0.145. The van der Waals surface area contributed by atoms with Gasteiger partial charge in [0.2, 0.25) is 0 Å². The Hall–Kier alpha value is -3.13. The summed E-state index contributed by atoms with van der Waals surface area (Å²) in [6.07, 6.45) is 5.07. The molecular formula is C19H20N4O3S. The predicted molar refractivity (Wildman–Crippen MR) is 104 cm³/mol. The van der Waals surface area contributed by atoms with Crippen LogP contribution >= 0.6 is 0 Å². The van der Waals surface area contributed by atoms with E-state index in [1.807, 2.05) is 19.1 Å². The van der Waals surface area contributed by atoms with Gasteiger partial charge in [-0.15, -0.1) is 0 Å². The van der Waals surface area contributed by atoms with Crippen molar-refractivity contribution in [3.8, 4) is 5.75 Å². The highest BCUT2D eigenvalue weighted by molar-refractivity contribution is 7.92. The molecule has 8 heteroatoms. The van der Waals surface area contributed by atoms with E-state index in [1.165, 1.54) is 12.1 Å². The number of nitrogens with one attached hydrogen (secondary N) is 2. The van der Waals surface area contributed by atoms with E-state index in [-0.39, 0.29) is 10.7 Å². The van der Waals surface area contributed by atoms with Gasteiger partial charge in [0.1, 0.15) is 11.6 Å². The predicted octanol–water partition coefficient (Wildman–Crippen LogP) is 3.29. The fraction of sp³-hybridized carbons (Fsp3) is 0.158. The molecule has 27 heavy (non-hydrogen) atoms. The second-order valence-corrected chi connectivity index (χ2v) is 7.34. The zero-order valence-electron chi connectivity index (χ0n) is 14.8. The second kappa shape index (κ2) is 8.50. The molecule has 7 nitrogen and oxygen atoms in total. The van der Waals surface area contributed by atoms with Crippen LogP contribution in [0.3, 0.4) is 0 Å². The Morgan fingerprint density at radius 1 is 1.04 bits per heavy atom. The molecule has 3 aromatic rings. The highest BCUT2D eigenvalue weighted by atomic mass is 32.2.